The summed E-state index contributed by atoms with van der Waals surface area (Å²) < 4.78 is 0. The summed E-state index contributed by atoms with van der Waals surface area (Å²) in [6, 6.07) is 7.37. The van der Waals surface area contributed by atoms with Gasteiger partial charge in [0.2, 0.25) is 17.8 Å². The third-order valence-electron chi connectivity index (χ3n) is 5.33. The van der Waals surface area contributed by atoms with E-state index in [2.05, 4.69) is 30.5 Å². The van der Waals surface area contributed by atoms with Crippen molar-refractivity contribution in [3.05, 3.63) is 35.7 Å². The molecule has 1 aliphatic rings. The van der Waals surface area contributed by atoms with E-state index in [0.717, 1.165) is 31.2 Å². The standard InChI is InChI=1S/C20H28N6O2/c1-13-23-19(21-2)25-20(24-13)26(3)16-10-8-14(9-11-16)18(28)22-12-15-6-4-5-7-17(15)27/h4-7,14,16,27H,8-12H2,1-3H3,(H,22,28)(H,21,23,24,25). The molecule has 1 aromatic carbocycles. The highest BCUT2D eigenvalue weighted by atomic mass is 16.3. The van der Waals surface area contributed by atoms with Crippen LogP contribution in [0.3, 0.4) is 0 Å². The quantitative estimate of drug-likeness (QED) is 0.702. The number of hydrogen-bond donors (Lipinski definition) is 3. The van der Waals surface area contributed by atoms with Crippen molar-refractivity contribution in [3.63, 3.8) is 0 Å². The summed E-state index contributed by atoms with van der Waals surface area (Å²) in [6.45, 7) is 2.20. The van der Waals surface area contributed by atoms with Gasteiger partial charge in [0.05, 0.1) is 0 Å². The van der Waals surface area contributed by atoms with E-state index in [1.54, 1.807) is 19.2 Å². The van der Waals surface area contributed by atoms with Crippen LogP contribution in [-0.2, 0) is 11.3 Å². The molecule has 1 amide bonds. The second-order valence-electron chi connectivity index (χ2n) is 7.22. The molecule has 1 aliphatic carbocycles. The lowest BCUT2D eigenvalue weighted by atomic mass is 9.85. The molecule has 3 rings (SSSR count). The minimum absolute atomic E-state index is 0.00321. The van der Waals surface area contributed by atoms with Gasteiger partial charge in [0.25, 0.3) is 0 Å². The van der Waals surface area contributed by atoms with Crippen LogP contribution in [-0.4, -0.2) is 46.1 Å². The van der Waals surface area contributed by atoms with Crippen LogP contribution in [0.4, 0.5) is 11.9 Å². The van der Waals surface area contributed by atoms with Crippen LogP contribution in [0.15, 0.2) is 24.3 Å². The number of aromatic nitrogens is 3. The minimum atomic E-state index is 0.00321. The van der Waals surface area contributed by atoms with Crippen molar-refractivity contribution in [1.29, 1.82) is 0 Å². The van der Waals surface area contributed by atoms with Crippen LogP contribution >= 0.6 is 0 Å². The zero-order valence-electron chi connectivity index (χ0n) is 16.6. The average Bonchev–Trinajstić information content (AvgIpc) is 2.72. The Morgan fingerprint density at radius 1 is 1.18 bits per heavy atom. The molecule has 0 radical (unpaired) electrons. The van der Waals surface area contributed by atoms with Crippen LogP contribution in [0.5, 0.6) is 5.75 Å². The Morgan fingerprint density at radius 3 is 2.57 bits per heavy atom. The van der Waals surface area contributed by atoms with Crippen molar-refractivity contribution in [2.24, 2.45) is 5.92 Å². The number of nitrogens with one attached hydrogen (secondary N) is 2. The van der Waals surface area contributed by atoms with Crippen LogP contribution in [0.1, 0.15) is 37.1 Å². The van der Waals surface area contributed by atoms with E-state index in [4.69, 9.17) is 0 Å². The van der Waals surface area contributed by atoms with Gasteiger partial charge in [-0.15, -0.1) is 0 Å². The summed E-state index contributed by atoms with van der Waals surface area (Å²) in [4.78, 5) is 27.7. The minimum Gasteiger partial charge on any atom is -0.508 e. The molecular formula is C20H28N6O2. The van der Waals surface area contributed by atoms with Gasteiger partial charge in [-0.2, -0.15) is 15.0 Å². The third-order valence-corrected chi connectivity index (χ3v) is 5.33. The van der Waals surface area contributed by atoms with Crippen LogP contribution in [0.2, 0.25) is 0 Å². The van der Waals surface area contributed by atoms with Gasteiger partial charge >= 0.3 is 0 Å². The molecule has 1 fully saturated rings. The number of para-hydroxylation sites is 1. The second-order valence-corrected chi connectivity index (χ2v) is 7.22. The highest BCUT2D eigenvalue weighted by molar-refractivity contribution is 5.78. The molecule has 1 aromatic heterocycles. The largest absolute Gasteiger partial charge is 0.508 e. The van der Waals surface area contributed by atoms with Gasteiger partial charge in [0, 0.05) is 38.2 Å². The number of aromatic hydroxyl groups is 1. The number of nitrogens with zero attached hydrogens (tertiary/aromatic N) is 4. The van der Waals surface area contributed by atoms with E-state index in [0.29, 0.717) is 30.3 Å². The van der Waals surface area contributed by atoms with E-state index < -0.39 is 0 Å². The first-order chi connectivity index (χ1) is 13.5. The van der Waals surface area contributed by atoms with Gasteiger partial charge in [-0.3, -0.25) is 4.79 Å². The summed E-state index contributed by atoms with van der Waals surface area (Å²) in [5.74, 6) is 2.16. The first-order valence-electron chi connectivity index (χ1n) is 9.65. The van der Waals surface area contributed by atoms with E-state index in [1.165, 1.54) is 0 Å². The van der Waals surface area contributed by atoms with E-state index in [1.807, 2.05) is 26.1 Å². The molecule has 8 nitrogen and oxygen atoms in total. The molecule has 0 unspecified atom stereocenters. The maximum atomic E-state index is 12.5. The van der Waals surface area contributed by atoms with E-state index >= 15 is 0 Å². The fourth-order valence-electron chi connectivity index (χ4n) is 3.61. The fraction of sp³-hybridized carbons (Fsp3) is 0.500. The number of hydrogen-bond acceptors (Lipinski definition) is 7. The summed E-state index contributed by atoms with van der Waals surface area (Å²) in [6.07, 6.45) is 3.46. The predicted molar refractivity (Wildman–Crippen MR) is 108 cm³/mol. The maximum absolute atomic E-state index is 12.5. The Kier molecular flexibility index (Phi) is 6.28. The molecule has 28 heavy (non-hydrogen) atoms. The van der Waals surface area contributed by atoms with Crippen molar-refractivity contribution in [2.45, 2.75) is 45.2 Å². The first-order valence-corrected chi connectivity index (χ1v) is 9.65. The van der Waals surface area contributed by atoms with Crippen molar-refractivity contribution in [1.82, 2.24) is 20.3 Å². The lowest BCUT2D eigenvalue weighted by molar-refractivity contribution is -0.126. The number of amides is 1. The number of rotatable bonds is 6. The fourth-order valence-corrected chi connectivity index (χ4v) is 3.61. The third kappa shape index (κ3) is 4.68. The highest BCUT2D eigenvalue weighted by Crippen LogP contribution is 2.29. The monoisotopic (exact) mass is 384 g/mol. The number of carbonyl (C=O) groups excluding carboxylic acids is 1. The Morgan fingerprint density at radius 2 is 1.89 bits per heavy atom. The SMILES string of the molecule is CNc1nc(C)nc(N(C)C2CCC(C(=O)NCc3ccccc3O)CC2)n1. The lowest BCUT2D eigenvalue weighted by Gasteiger charge is -2.34. The zero-order valence-corrected chi connectivity index (χ0v) is 16.6. The number of carbonyl (C=O) groups is 1. The van der Waals surface area contributed by atoms with Crippen molar-refractivity contribution < 1.29 is 9.90 Å². The summed E-state index contributed by atoms with van der Waals surface area (Å²) in [5, 5.41) is 15.7. The Bertz CT molecular complexity index is 820. The number of phenols is 1. The van der Waals surface area contributed by atoms with Gasteiger partial charge in [-0.25, -0.2) is 0 Å². The highest BCUT2D eigenvalue weighted by Gasteiger charge is 2.29. The lowest BCUT2D eigenvalue weighted by Crippen LogP contribution is -2.40. The molecule has 0 saturated heterocycles. The average molecular weight is 384 g/mol. The summed E-state index contributed by atoms with van der Waals surface area (Å²) >= 11 is 0. The Hall–Kier alpha value is -2.90. The first kappa shape index (κ1) is 19.9. The molecular weight excluding hydrogens is 356 g/mol. The van der Waals surface area contributed by atoms with Gasteiger partial charge < -0.3 is 20.6 Å². The van der Waals surface area contributed by atoms with Crippen molar-refractivity contribution in [3.8, 4) is 5.75 Å². The van der Waals surface area contributed by atoms with Crippen LogP contribution in [0.25, 0.3) is 0 Å². The smallest absolute Gasteiger partial charge is 0.230 e. The van der Waals surface area contributed by atoms with Gasteiger partial charge in [0.1, 0.15) is 11.6 Å². The topological polar surface area (TPSA) is 103 Å². The van der Waals surface area contributed by atoms with Crippen molar-refractivity contribution >= 4 is 17.8 Å². The number of phenolic OH excluding ortho intramolecular Hbond substituents is 1. The predicted octanol–water partition coefficient (Wildman–Crippen LogP) is 2.24. The summed E-state index contributed by atoms with van der Waals surface area (Å²) in [7, 11) is 3.79. The molecule has 0 atom stereocenters. The van der Waals surface area contributed by atoms with Crippen LogP contribution < -0.4 is 15.5 Å². The molecule has 1 heterocycles. The number of aryl methyl sites for hydroxylation is 1. The molecule has 0 aliphatic heterocycles. The van der Waals surface area contributed by atoms with Gasteiger partial charge in [-0.05, 0) is 38.7 Å². The molecule has 150 valence electrons. The molecule has 8 heteroatoms. The molecule has 0 bridgehead atoms. The van der Waals surface area contributed by atoms with E-state index in [-0.39, 0.29) is 17.6 Å². The normalized spacial score (nSPS) is 19.1. The van der Waals surface area contributed by atoms with Gasteiger partial charge in [0.15, 0.2) is 0 Å². The maximum Gasteiger partial charge on any atom is 0.230 e. The Balaban J connectivity index is 1.53. The van der Waals surface area contributed by atoms with Crippen LogP contribution in [0, 0.1) is 12.8 Å². The second kappa shape index (κ2) is 8.86. The van der Waals surface area contributed by atoms with Crippen molar-refractivity contribution in [2.75, 3.05) is 24.3 Å². The molecule has 0 spiro atoms. The molecule has 3 N–H and O–H groups in total. The Labute approximate surface area is 165 Å². The molecule has 1 saturated carbocycles. The number of anilines is 2. The summed E-state index contributed by atoms with van der Waals surface area (Å²) in [5.41, 5.74) is 0.731. The zero-order chi connectivity index (χ0) is 20.1. The van der Waals surface area contributed by atoms with Gasteiger partial charge in [-0.1, -0.05) is 18.2 Å². The molecule has 2 aromatic rings. The van der Waals surface area contributed by atoms with E-state index in [9.17, 15) is 9.90 Å². The number of benzene rings is 1.